The molecule has 0 aromatic rings. The fourth-order valence-corrected chi connectivity index (χ4v) is 2.26. The van der Waals surface area contributed by atoms with E-state index in [4.69, 9.17) is 0 Å². The summed E-state index contributed by atoms with van der Waals surface area (Å²) in [6.07, 6.45) is -0.613. The van der Waals surface area contributed by atoms with Gasteiger partial charge in [-0.15, -0.1) is 0 Å². The Morgan fingerprint density at radius 1 is 1.33 bits per heavy atom. The van der Waals surface area contributed by atoms with Gasteiger partial charge in [-0.25, -0.2) is 0 Å². The molecule has 1 aliphatic heterocycles. The van der Waals surface area contributed by atoms with Crippen LogP contribution in [-0.2, 0) is 10.2 Å². The van der Waals surface area contributed by atoms with Crippen LogP contribution in [0.1, 0.15) is 6.42 Å². The molecular weight excluding hydrogens is 233 g/mol. The molecule has 0 saturated heterocycles. The summed E-state index contributed by atoms with van der Waals surface area (Å²) < 4.78 is 60.5. The molecular formula is C7H11F3N2O2S. The molecule has 0 atom stereocenters. The maximum absolute atomic E-state index is 11.8. The number of alkyl halides is 3. The Morgan fingerprint density at radius 2 is 2.00 bits per heavy atom. The molecule has 0 radical (unpaired) electrons. The van der Waals surface area contributed by atoms with Crippen LogP contribution in [0, 0.1) is 0 Å². The van der Waals surface area contributed by atoms with Gasteiger partial charge in [0.2, 0.25) is 0 Å². The summed E-state index contributed by atoms with van der Waals surface area (Å²) in [5.74, 6) is 0. The topological polar surface area (TPSA) is 49.4 Å². The van der Waals surface area contributed by atoms with Crippen molar-refractivity contribution in [3.05, 3.63) is 12.2 Å². The predicted octanol–water partition coefficient (Wildman–Crippen LogP) is 0.645. The van der Waals surface area contributed by atoms with Crippen LogP contribution in [0.25, 0.3) is 0 Å². The lowest BCUT2D eigenvalue weighted by molar-refractivity contribution is -0.121. The molecule has 0 spiro atoms. The van der Waals surface area contributed by atoms with Crippen molar-refractivity contribution in [2.45, 2.75) is 12.6 Å². The van der Waals surface area contributed by atoms with Gasteiger partial charge >= 0.3 is 6.18 Å². The molecule has 0 aliphatic carbocycles. The van der Waals surface area contributed by atoms with Gasteiger partial charge in [0.1, 0.15) is 6.54 Å². The highest BCUT2D eigenvalue weighted by molar-refractivity contribution is 7.87. The molecule has 0 fully saturated rings. The Morgan fingerprint density at radius 3 is 2.47 bits per heavy atom. The first-order valence-electron chi connectivity index (χ1n) is 4.28. The maximum atomic E-state index is 11.8. The van der Waals surface area contributed by atoms with E-state index in [0.29, 0.717) is 6.42 Å². The van der Waals surface area contributed by atoms with Crippen molar-refractivity contribution in [2.24, 2.45) is 0 Å². The van der Waals surface area contributed by atoms with E-state index in [0.717, 1.165) is 4.31 Å². The largest absolute Gasteiger partial charge is 0.402 e. The van der Waals surface area contributed by atoms with Gasteiger partial charge in [-0.1, -0.05) is 12.2 Å². The quantitative estimate of drug-likeness (QED) is 0.741. The normalized spacial score (nSPS) is 19.4. The molecule has 1 aliphatic rings. The van der Waals surface area contributed by atoms with Gasteiger partial charge in [0, 0.05) is 13.1 Å². The van der Waals surface area contributed by atoms with Crippen molar-refractivity contribution in [3.8, 4) is 0 Å². The summed E-state index contributed by atoms with van der Waals surface area (Å²) in [5, 5.41) is 0. The van der Waals surface area contributed by atoms with Gasteiger partial charge in [0.15, 0.2) is 0 Å². The Hall–Kier alpha value is -0.600. The number of hydrogen-bond donors (Lipinski definition) is 1. The molecule has 4 nitrogen and oxygen atoms in total. The predicted molar refractivity (Wildman–Crippen MR) is 48.3 cm³/mol. The van der Waals surface area contributed by atoms with E-state index in [-0.39, 0.29) is 13.1 Å². The zero-order valence-electron chi connectivity index (χ0n) is 7.79. The fourth-order valence-electron chi connectivity index (χ4n) is 1.10. The van der Waals surface area contributed by atoms with Crippen molar-refractivity contribution in [1.29, 1.82) is 0 Å². The number of nitrogens with zero attached hydrogens (tertiary/aromatic N) is 1. The second-order valence-corrected chi connectivity index (χ2v) is 4.81. The lowest BCUT2D eigenvalue weighted by Gasteiger charge is -2.23. The van der Waals surface area contributed by atoms with Gasteiger partial charge < -0.3 is 0 Å². The first-order chi connectivity index (χ1) is 6.81. The average Bonchev–Trinajstić information content (AvgIpc) is 2.16. The van der Waals surface area contributed by atoms with E-state index in [2.05, 4.69) is 0 Å². The zero-order valence-corrected chi connectivity index (χ0v) is 8.61. The first kappa shape index (κ1) is 12.5. The summed E-state index contributed by atoms with van der Waals surface area (Å²) in [6, 6.07) is 0. The SMILES string of the molecule is O=S(=O)(NCC(F)(F)F)N1CC=CCC1. The van der Waals surface area contributed by atoms with Crippen LogP contribution in [0.4, 0.5) is 13.2 Å². The maximum Gasteiger partial charge on any atom is 0.402 e. The molecule has 0 bridgehead atoms. The van der Waals surface area contributed by atoms with Crippen molar-refractivity contribution < 1.29 is 21.6 Å². The van der Waals surface area contributed by atoms with Crippen molar-refractivity contribution in [3.63, 3.8) is 0 Å². The third-order valence-electron chi connectivity index (χ3n) is 1.82. The molecule has 0 unspecified atom stereocenters. The highest BCUT2D eigenvalue weighted by Gasteiger charge is 2.31. The van der Waals surface area contributed by atoms with Gasteiger partial charge in [0.25, 0.3) is 10.2 Å². The van der Waals surface area contributed by atoms with Crippen LogP contribution in [-0.4, -0.2) is 38.5 Å². The summed E-state index contributed by atoms with van der Waals surface area (Å²) >= 11 is 0. The highest BCUT2D eigenvalue weighted by atomic mass is 32.2. The smallest absolute Gasteiger partial charge is 0.195 e. The van der Waals surface area contributed by atoms with E-state index in [9.17, 15) is 21.6 Å². The van der Waals surface area contributed by atoms with Crippen LogP contribution in [0.3, 0.4) is 0 Å². The average molecular weight is 244 g/mol. The lowest BCUT2D eigenvalue weighted by Crippen LogP contribution is -2.45. The molecule has 0 saturated carbocycles. The molecule has 88 valence electrons. The summed E-state index contributed by atoms with van der Waals surface area (Å²) in [5.41, 5.74) is 0. The molecule has 1 N–H and O–H groups in total. The minimum atomic E-state index is -4.53. The molecule has 15 heavy (non-hydrogen) atoms. The van der Waals surface area contributed by atoms with Gasteiger partial charge in [-0.3, -0.25) is 0 Å². The summed E-state index contributed by atoms with van der Waals surface area (Å²) in [7, 11) is -4.00. The summed E-state index contributed by atoms with van der Waals surface area (Å²) in [6.45, 7) is -1.20. The molecule has 0 amide bonds. The van der Waals surface area contributed by atoms with Crippen LogP contribution in [0.2, 0.25) is 0 Å². The van der Waals surface area contributed by atoms with E-state index >= 15 is 0 Å². The van der Waals surface area contributed by atoms with Crippen molar-refractivity contribution in [2.75, 3.05) is 19.6 Å². The second-order valence-electron chi connectivity index (χ2n) is 3.06. The van der Waals surface area contributed by atoms with Crippen LogP contribution in [0.5, 0.6) is 0 Å². The second kappa shape index (κ2) is 4.50. The van der Waals surface area contributed by atoms with E-state index in [1.54, 1.807) is 12.2 Å². The van der Waals surface area contributed by atoms with Gasteiger partial charge in [-0.2, -0.15) is 30.6 Å². The third-order valence-corrected chi connectivity index (χ3v) is 3.34. The minimum absolute atomic E-state index is 0.118. The molecule has 1 rings (SSSR count). The Balaban J connectivity index is 2.55. The first-order valence-corrected chi connectivity index (χ1v) is 5.72. The van der Waals surface area contributed by atoms with Crippen LogP contribution >= 0.6 is 0 Å². The van der Waals surface area contributed by atoms with E-state index in [1.165, 1.54) is 4.72 Å². The molecule has 1 heterocycles. The zero-order chi connectivity index (χ0) is 11.5. The minimum Gasteiger partial charge on any atom is -0.195 e. The van der Waals surface area contributed by atoms with Crippen LogP contribution in [0.15, 0.2) is 12.2 Å². The Kier molecular flexibility index (Phi) is 3.74. The van der Waals surface area contributed by atoms with Crippen molar-refractivity contribution in [1.82, 2.24) is 9.03 Å². The lowest BCUT2D eigenvalue weighted by atomic mass is 10.3. The number of rotatable bonds is 3. The van der Waals surface area contributed by atoms with Gasteiger partial charge in [-0.05, 0) is 6.42 Å². The highest BCUT2D eigenvalue weighted by Crippen LogP contribution is 2.14. The van der Waals surface area contributed by atoms with E-state index in [1.807, 2.05) is 0 Å². The molecule has 8 heteroatoms. The van der Waals surface area contributed by atoms with E-state index < -0.39 is 22.9 Å². The Bertz CT molecular complexity index is 337. The standard InChI is InChI=1S/C7H11F3N2O2S/c8-7(9,10)6-11-15(13,14)12-4-2-1-3-5-12/h1-2,11H,3-6H2. The monoisotopic (exact) mass is 244 g/mol. The van der Waals surface area contributed by atoms with Gasteiger partial charge in [0.05, 0.1) is 0 Å². The molecule has 0 aromatic carbocycles. The summed E-state index contributed by atoms with van der Waals surface area (Å²) in [4.78, 5) is 0. The number of hydrogen-bond acceptors (Lipinski definition) is 2. The van der Waals surface area contributed by atoms with Crippen molar-refractivity contribution >= 4 is 10.2 Å². The molecule has 0 aromatic heterocycles. The number of nitrogens with one attached hydrogen (secondary N) is 1. The van der Waals surface area contributed by atoms with Crippen LogP contribution < -0.4 is 4.72 Å². The Labute approximate surface area is 85.9 Å². The number of halogens is 3. The third kappa shape index (κ3) is 4.18. The fraction of sp³-hybridized carbons (Fsp3) is 0.714.